The summed E-state index contributed by atoms with van der Waals surface area (Å²) in [6.45, 7) is 0. The number of rotatable bonds is 2. The van der Waals surface area contributed by atoms with Crippen LogP contribution in [0.1, 0.15) is 5.56 Å². The van der Waals surface area contributed by atoms with E-state index in [9.17, 15) is 4.79 Å². The molecule has 2 N–H and O–H groups in total. The van der Waals surface area contributed by atoms with E-state index < -0.39 is 0 Å². The summed E-state index contributed by atoms with van der Waals surface area (Å²) in [6.07, 6.45) is 1.54. The molecule has 2 amide bonds. The van der Waals surface area contributed by atoms with Crippen molar-refractivity contribution >= 4 is 22.8 Å². The van der Waals surface area contributed by atoms with E-state index in [2.05, 4.69) is 15.7 Å². The molecule has 0 saturated carbocycles. The number of benzene rings is 2. The van der Waals surface area contributed by atoms with Crippen molar-refractivity contribution in [2.75, 3.05) is 10.7 Å². The van der Waals surface area contributed by atoms with Crippen molar-refractivity contribution in [2.24, 2.45) is 0 Å². The van der Waals surface area contributed by atoms with Crippen molar-refractivity contribution in [1.29, 1.82) is 5.26 Å². The fourth-order valence-corrected chi connectivity index (χ4v) is 1.94. The molecule has 0 spiro atoms. The first-order chi connectivity index (χ1) is 10.3. The first-order valence-electron chi connectivity index (χ1n) is 6.26. The van der Waals surface area contributed by atoms with Gasteiger partial charge in [-0.2, -0.15) is 5.26 Å². The first-order valence-corrected chi connectivity index (χ1v) is 6.26. The van der Waals surface area contributed by atoms with Gasteiger partial charge in [-0.1, -0.05) is 12.1 Å². The van der Waals surface area contributed by atoms with Gasteiger partial charge in [0.15, 0.2) is 0 Å². The van der Waals surface area contributed by atoms with Crippen LogP contribution < -0.4 is 10.7 Å². The maximum Gasteiger partial charge on any atom is 0.338 e. The quantitative estimate of drug-likeness (QED) is 0.755. The van der Waals surface area contributed by atoms with Crippen LogP contribution in [0.25, 0.3) is 11.0 Å². The maximum absolute atomic E-state index is 11.9. The smallest absolute Gasteiger partial charge is 0.307 e. The summed E-state index contributed by atoms with van der Waals surface area (Å²) < 4.78 is 1.55. The van der Waals surface area contributed by atoms with E-state index in [4.69, 9.17) is 5.26 Å². The lowest BCUT2D eigenvalue weighted by atomic mass is 10.2. The molecule has 3 aromatic rings. The molecule has 0 bridgehead atoms. The standard InChI is InChI=1S/C15H11N5O/c16-9-11-5-7-12(8-6-11)18-15(21)19-20-10-17-13-3-1-2-4-14(13)20/h1-8,10H,(H2,18,19,21). The third-order valence-electron chi connectivity index (χ3n) is 2.95. The van der Waals surface area contributed by atoms with Crippen molar-refractivity contribution < 1.29 is 4.79 Å². The van der Waals surface area contributed by atoms with Crippen LogP contribution in [0, 0.1) is 11.3 Å². The average molecular weight is 277 g/mol. The van der Waals surface area contributed by atoms with Gasteiger partial charge >= 0.3 is 6.03 Å². The molecule has 6 nitrogen and oxygen atoms in total. The van der Waals surface area contributed by atoms with E-state index in [1.165, 1.54) is 0 Å². The third-order valence-corrected chi connectivity index (χ3v) is 2.95. The summed E-state index contributed by atoms with van der Waals surface area (Å²) in [7, 11) is 0. The lowest BCUT2D eigenvalue weighted by Gasteiger charge is -2.08. The van der Waals surface area contributed by atoms with Crippen molar-refractivity contribution in [3.8, 4) is 6.07 Å². The maximum atomic E-state index is 11.9. The minimum absolute atomic E-state index is 0.386. The number of fused-ring (bicyclic) bond motifs is 1. The second-order valence-corrected chi connectivity index (χ2v) is 4.36. The van der Waals surface area contributed by atoms with Crippen LogP contribution >= 0.6 is 0 Å². The van der Waals surface area contributed by atoms with Crippen LogP contribution in [0.2, 0.25) is 0 Å². The van der Waals surface area contributed by atoms with Gasteiger partial charge in [0.25, 0.3) is 0 Å². The van der Waals surface area contributed by atoms with E-state index in [1.807, 2.05) is 30.3 Å². The third kappa shape index (κ3) is 2.67. The minimum Gasteiger partial charge on any atom is -0.307 e. The summed E-state index contributed by atoms with van der Waals surface area (Å²) in [5, 5.41) is 11.4. The second kappa shape index (κ2) is 5.35. The molecule has 1 aromatic heterocycles. The Bertz CT molecular complexity index is 829. The van der Waals surface area contributed by atoms with Gasteiger partial charge in [0.05, 0.1) is 22.7 Å². The zero-order chi connectivity index (χ0) is 14.7. The molecular formula is C15H11N5O. The van der Waals surface area contributed by atoms with Crippen molar-refractivity contribution in [2.45, 2.75) is 0 Å². The minimum atomic E-state index is -0.386. The number of carbonyl (C=O) groups excluding carboxylic acids is 1. The molecule has 0 aliphatic heterocycles. The number of nitriles is 1. The number of nitrogens with zero attached hydrogens (tertiary/aromatic N) is 3. The summed E-state index contributed by atoms with van der Waals surface area (Å²) in [5.74, 6) is 0. The van der Waals surface area contributed by atoms with Gasteiger partial charge < -0.3 is 5.32 Å². The van der Waals surface area contributed by atoms with Crippen LogP contribution in [0.5, 0.6) is 0 Å². The number of hydrogen-bond acceptors (Lipinski definition) is 3. The van der Waals surface area contributed by atoms with Gasteiger partial charge in [0.1, 0.15) is 6.33 Å². The fourth-order valence-electron chi connectivity index (χ4n) is 1.94. The Morgan fingerprint density at radius 1 is 1.14 bits per heavy atom. The molecule has 0 fully saturated rings. The molecule has 0 saturated heterocycles. The van der Waals surface area contributed by atoms with Crippen molar-refractivity contribution in [3.63, 3.8) is 0 Å². The molecule has 0 unspecified atom stereocenters. The summed E-state index contributed by atoms with van der Waals surface area (Å²) in [5.41, 5.74) is 5.45. The van der Waals surface area contributed by atoms with Crippen molar-refractivity contribution in [3.05, 3.63) is 60.4 Å². The van der Waals surface area contributed by atoms with E-state index in [1.54, 1.807) is 35.3 Å². The van der Waals surface area contributed by atoms with Gasteiger partial charge in [-0.15, -0.1) is 0 Å². The van der Waals surface area contributed by atoms with E-state index in [0.717, 1.165) is 11.0 Å². The summed E-state index contributed by atoms with van der Waals surface area (Å²) in [6, 6.07) is 15.8. The Labute approximate surface area is 120 Å². The topological polar surface area (TPSA) is 82.7 Å². The van der Waals surface area contributed by atoms with E-state index in [-0.39, 0.29) is 6.03 Å². The fraction of sp³-hybridized carbons (Fsp3) is 0. The number of imidazole rings is 1. The Kier molecular flexibility index (Phi) is 3.23. The van der Waals surface area contributed by atoms with Crippen LogP contribution in [0.15, 0.2) is 54.9 Å². The molecule has 102 valence electrons. The number of anilines is 1. The summed E-state index contributed by atoms with van der Waals surface area (Å²) >= 11 is 0. The Balaban J connectivity index is 1.73. The van der Waals surface area contributed by atoms with E-state index >= 15 is 0 Å². The average Bonchev–Trinajstić information content (AvgIpc) is 2.91. The number of urea groups is 1. The van der Waals surface area contributed by atoms with Gasteiger partial charge in [-0.3, -0.25) is 0 Å². The largest absolute Gasteiger partial charge is 0.338 e. The highest BCUT2D eigenvalue weighted by molar-refractivity contribution is 5.96. The molecule has 0 atom stereocenters. The van der Waals surface area contributed by atoms with Crippen molar-refractivity contribution in [1.82, 2.24) is 9.66 Å². The van der Waals surface area contributed by atoms with Crippen LogP contribution in [0.4, 0.5) is 10.5 Å². The first kappa shape index (κ1) is 12.7. The molecular weight excluding hydrogens is 266 g/mol. The molecule has 6 heteroatoms. The predicted molar refractivity (Wildman–Crippen MR) is 79.3 cm³/mol. The molecule has 0 aliphatic rings. The Morgan fingerprint density at radius 2 is 1.90 bits per heavy atom. The Morgan fingerprint density at radius 3 is 2.67 bits per heavy atom. The molecule has 3 rings (SSSR count). The second-order valence-electron chi connectivity index (χ2n) is 4.36. The van der Waals surface area contributed by atoms with E-state index in [0.29, 0.717) is 11.3 Å². The van der Waals surface area contributed by atoms with Gasteiger partial charge in [0.2, 0.25) is 0 Å². The van der Waals surface area contributed by atoms with Gasteiger partial charge in [0, 0.05) is 5.69 Å². The zero-order valence-corrected chi connectivity index (χ0v) is 10.9. The van der Waals surface area contributed by atoms with Gasteiger partial charge in [-0.05, 0) is 36.4 Å². The normalized spacial score (nSPS) is 10.0. The Hall–Kier alpha value is -3.33. The van der Waals surface area contributed by atoms with Crippen LogP contribution in [0.3, 0.4) is 0 Å². The lowest BCUT2D eigenvalue weighted by Crippen LogP contribution is -2.27. The zero-order valence-electron chi connectivity index (χ0n) is 10.9. The van der Waals surface area contributed by atoms with Crippen LogP contribution in [-0.4, -0.2) is 15.7 Å². The molecule has 0 aliphatic carbocycles. The molecule has 0 radical (unpaired) electrons. The molecule has 1 heterocycles. The van der Waals surface area contributed by atoms with Gasteiger partial charge in [-0.25, -0.2) is 19.9 Å². The number of aromatic nitrogens is 2. The molecule has 2 aromatic carbocycles. The lowest BCUT2D eigenvalue weighted by molar-refractivity contribution is 0.260. The number of para-hydroxylation sites is 2. The number of carbonyl (C=O) groups is 1. The number of nitrogens with one attached hydrogen (secondary N) is 2. The monoisotopic (exact) mass is 277 g/mol. The van der Waals surface area contributed by atoms with Crippen LogP contribution in [-0.2, 0) is 0 Å². The highest BCUT2D eigenvalue weighted by Crippen LogP contribution is 2.11. The number of hydrogen-bond donors (Lipinski definition) is 2. The number of amides is 2. The SMILES string of the molecule is N#Cc1ccc(NC(=O)Nn2cnc3ccccc32)cc1. The molecule has 21 heavy (non-hydrogen) atoms. The predicted octanol–water partition coefficient (Wildman–Crippen LogP) is 2.68. The highest BCUT2D eigenvalue weighted by atomic mass is 16.2. The summed E-state index contributed by atoms with van der Waals surface area (Å²) in [4.78, 5) is 16.1. The highest BCUT2D eigenvalue weighted by Gasteiger charge is 2.05.